The smallest absolute Gasteiger partial charge is 0.243 e. The topological polar surface area (TPSA) is 73.4 Å². The molecule has 5 nitrogen and oxygen atoms in total. The van der Waals surface area contributed by atoms with Gasteiger partial charge in [-0.25, -0.2) is 12.8 Å². The van der Waals surface area contributed by atoms with Crippen LogP contribution in [0, 0.1) is 11.7 Å². The number of aliphatic hydroxyl groups excluding tert-OH is 1. The summed E-state index contributed by atoms with van der Waals surface area (Å²) >= 11 is 5.95. The minimum atomic E-state index is -3.94. The normalized spacial score (nSPS) is 19.4. The van der Waals surface area contributed by atoms with Crippen LogP contribution < -0.4 is 0 Å². The Morgan fingerprint density at radius 3 is 2.50 bits per heavy atom. The summed E-state index contributed by atoms with van der Waals surface area (Å²) in [7, 11) is -3.94. The number of halogens is 2. The fraction of sp³-hybridized carbons (Fsp3) is 0.333. The van der Waals surface area contributed by atoms with Crippen molar-refractivity contribution in [3.05, 3.63) is 77.2 Å². The maximum absolute atomic E-state index is 15.1. The van der Waals surface area contributed by atoms with Gasteiger partial charge in [-0.15, -0.1) is 0 Å². The number of rotatable bonds is 7. The second-order valence-corrected chi connectivity index (χ2v) is 10.5. The molecule has 0 amide bonds. The standard InChI is InChI=1S/C24H26ClFN2O3S/c25-20-9-11-21(12-10-20)32(30,31)28(24-6-2-1-4-19(24)16-29)15-18-8-7-17(14-22(18)26)23-5-3-13-27-23/h3,5,7-14,19,24,27,29H,1-2,4,6,15-16H2/t19-,24+/m0/s1. The number of aromatic amines is 1. The van der Waals surface area contributed by atoms with Gasteiger partial charge in [-0.1, -0.05) is 36.6 Å². The van der Waals surface area contributed by atoms with Gasteiger partial charge in [0.05, 0.1) is 4.90 Å². The van der Waals surface area contributed by atoms with Crippen molar-refractivity contribution >= 4 is 21.6 Å². The second-order valence-electron chi connectivity index (χ2n) is 8.19. The highest BCUT2D eigenvalue weighted by Gasteiger charge is 2.37. The summed E-state index contributed by atoms with van der Waals surface area (Å²) in [5.41, 5.74) is 1.77. The lowest BCUT2D eigenvalue weighted by Crippen LogP contribution is -2.46. The molecule has 3 aromatic rings. The Bertz CT molecular complexity index is 1150. The van der Waals surface area contributed by atoms with Crippen molar-refractivity contribution < 1.29 is 17.9 Å². The first kappa shape index (κ1) is 23.0. The van der Waals surface area contributed by atoms with Crippen LogP contribution in [0.25, 0.3) is 11.3 Å². The van der Waals surface area contributed by atoms with Crippen molar-refractivity contribution in [3.8, 4) is 11.3 Å². The molecule has 0 bridgehead atoms. The number of aliphatic hydroxyl groups is 1. The molecule has 8 heteroatoms. The van der Waals surface area contributed by atoms with Gasteiger partial charge >= 0.3 is 0 Å². The highest BCUT2D eigenvalue weighted by Crippen LogP contribution is 2.34. The van der Waals surface area contributed by atoms with Gasteiger partial charge in [0.1, 0.15) is 5.82 Å². The number of H-pyrrole nitrogens is 1. The minimum absolute atomic E-state index is 0.104. The van der Waals surface area contributed by atoms with Crippen LogP contribution in [-0.2, 0) is 16.6 Å². The molecule has 1 aliphatic carbocycles. The molecule has 32 heavy (non-hydrogen) atoms. The van der Waals surface area contributed by atoms with E-state index >= 15 is 4.39 Å². The first-order valence-corrected chi connectivity index (χ1v) is 12.5. The lowest BCUT2D eigenvalue weighted by Gasteiger charge is -2.38. The lowest BCUT2D eigenvalue weighted by atomic mass is 9.85. The zero-order valence-electron chi connectivity index (χ0n) is 17.5. The van der Waals surface area contributed by atoms with E-state index in [4.69, 9.17) is 11.6 Å². The first-order valence-electron chi connectivity index (χ1n) is 10.7. The van der Waals surface area contributed by atoms with Crippen molar-refractivity contribution in [3.63, 3.8) is 0 Å². The SMILES string of the molecule is O=S(=O)(c1ccc(Cl)cc1)N(Cc1ccc(-c2ccc[nH]2)cc1F)[C@@H]1CCCC[C@H]1CO. The van der Waals surface area contributed by atoms with Gasteiger partial charge in [0, 0.05) is 47.2 Å². The van der Waals surface area contributed by atoms with Gasteiger partial charge < -0.3 is 10.1 Å². The van der Waals surface area contributed by atoms with Gasteiger partial charge in [0.2, 0.25) is 10.0 Å². The maximum atomic E-state index is 15.1. The summed E-state index contributed by atoms with van der Waals surface area (Å²) < 4.78 is 43.7. The van der Waals surface area contributed by atoms with E-state index in [1.165, 1.54) is 34.6 Å². The Kier molecular flexibility index (Phi) is 7.00. The van der Waals surface area contributed by atoms with Crippen molar-refractivity contribution in [1.82, 2.24) is 9.29 Å². The average Bonchev–Trinajstić information content (AvgIpc) is 3.33. The predicted octanol–water partition coefficient (Wildman–Crippen LogP) is 5.22. The Hall–Kier alpha value is -2.19. The van der Waals surface area contributed by atoms with Crippen LogP contribution in [0.15, 0.2) is 65.7 Å². The Balaban J connectivity index is 1.72. The molecule has 0 aliphatic heterocycles. The van der Waals surface area contributed by atoms with E-state index in [1.807, 2.05) is 12.1 Å². The van der Waals surface area contributed by atoms with Crippen LogP contribution in [0.1, 0.15) is 31.2 Å². The number of hydrogen-bond acceptors (Lipinski definition) is 3. The summed E-state index contributed by atoms with van der Waals surface area (Å²) in [6.07, 6.45) is 4.93. The molecule has 0 saturated heterocycles. The van der Waals surface area contributed by atoms with E-state index < -0.39 is 21.9 Å². The summed E-state index contributed by atoms with van der Waals surface area (Å²) in [6, 6.07) is 14.1. The molecule has 4 rings (SSSR count). The third-order valence-electron chi connectivity index (χ3n) is 6.18. The highest BCUT2D eigenvalue weighted by atomic mass is 35.5. The number of sulfonamides is 1. The molecule has 0 unspecified atom stereocenters. The molecule has 1 aromatic heterocycles. The molecule has 2 N–H and O–H groups in total. The van der Waals surface area contributed by atoms with Crippen molar-refractivity contribution in [2.45, 2.75) is 43.2 Å². The molecule has 2 atom stereocenters. The van der Waals surface area contributed by atoms with Crippen LogP contribution >= 0.6 is 11.6 Å². The molecule has 1 aliphatic rings. The van der Waals surface area contributed by atoms with Crippen LogP contribution in [0.2, 0.25) is 5.02 Å². The molecule has 0 radical (unpaired) electrons. The third-order valence-corrected chi connectivity index (χ3v) is 8.32. The molecular weight excluding hydrogens is 451 g/mol. The van der Waals surface area contributed by atoms with Gasteiger partial charge in [-0.3, -0.25) is 0 Å². The maximum Gasteiger partial charge on any atom is 0.243 e. The van der Waals surface area contributed by atoms with E-state index in [-0.39, 0.29) is 24.0 Å². The van der Waals surface area contributed by atoms with E-state index in [0.29, 0.717) is 22.6 Å². The number of hydrogen-bond donors (Lipinski definition) is 2. The molecule has 1 heterocycles. The van der Waals surface area contributed by atoms with Crippen LogP contribution in [0.3, 0.4) is 0 Å². The quantitative estimate of drug-likeness (QED) is 0.491. The molecule has 1 fully saturated rings. The average molecular weight is 477 g/mol. The van der Waals surface area contributed by atoms with Crippen molar-refractivity contribution in [1.29, 1.82) is 0 Å². The Morgan fingerprint density at radius 1 is 1.09 bits per heavy atom. The summed E-state index contributed by atoms with van der Waals surface area (Å²) in [5.74, 6) is -0.656. The predicted molar refractivity (Wildman–Crippen MR) is 123 cm³/mol. The van der Waals surface area contributed by atoms with Crippen LogP contribution in [0.5, 0.6) is 0 Å². The van der Waals surface area contributed by atoms with Crippen LogP contribution in [0.4, 0.5) is 4.39 Å². The number of benzene rings is 2. The number of nitrogens with zero attached hydrogens (tertiary/aromatic N) is 1. The van der Waals surface area contributed by atoms with E-state index in [0.717, 1.165) is 25.0 Å². The van der Waals surface area contributed by atoms with Crippen molar-refractivity contribution in [2.75, 3.05) is 6.61 Å². The molecular formula is C24H26ClFN2O3S. The van der Waals surface area contributed by atoms with E-state index in [9.17, 15) is 13.5 Å². The third kappa shape index (κ3) is 4.76. The van der Waals surface area contributed by atoms with Gasteiger partial charge in [-0.2, -0.15) is 4.31 Å². The minimum Gasteiger partial charge on any atom is -0.396 e. The van der Waals surface area contributed by atoms with E-state index in [1.54, 1.807) is 18.3 Å². The molecule has 0 spiro atoms. The Labute approximate surface area is 192 Å². The van der Waals surface area contributed by atoms with Crippen LogP contribution in [-0.4, -0.2) is 35.5 Å². The molecule has 2 aromatic carbocycles. The second kappa shape index (κ2) is 9.75. The zero-order valence-corrected chi connectivity index (χ0v) is 19.1. The fourth-order valence-corrected chi connectivity index (χ4v) is 6.24. The summed E-state index contributed by atoms with van der Waals surface area (Å²) in [4.78, 5) is 3.15. The highest BCUT2D eigenvalue weighted by molar-refractivity contribution is 7.89. The van der Waals surface area contributed by atoms with Gasteiger partial charge in [0.15, 0.2) is 0 Å². The molecule has 1 saturated carbocycles. The van der Waals surface area contributed by atoms with Gasteiger partial charge in [-0.05, 0) is 61.2 Å². The molecule has 170 valence electrons. The van der Waals surface area contributed by atoms with E-state index in [2.05, 4.69) is 4.98 Å². The first-order chi connectivity index (χ1) is 15.4. The van der Waals surface area contributed by atoms with Crippen molar-refractivity contribution in [2.24, 2.45) is 5.92 Å². The zero-order chi connectivity index (χ0) is 22.7. The lowest BCUT2D eigenvalue weighted by molar-refractivity contribution is 0.109. The Morgan fingerprint density at radius 2 is 1.84 bits per heavy atom. The fourth-order valence-electron chi connectivity index (χ4n) is 4.42. The number of nitrogens with one attached hydrogen (secondary N) is 1. The largest absolute Gasteiger partial charge is 0.396 e. The number of aromatic nitrogens is 1. The monoisotopic (exact) mass is 476 g/mol. The summed E-state index contributed by atoms with van der Waals surface area (Å²) in [6.45, 7) is -0.214. The van der Waals surface area contributed by atoms with Gasteiger partial charge in [0.25, 0.3) is 0 Å². The summed E-state index contributed by atoms with van der Waals surface area (Å²) in [5, 5.41) is 10.4.